The van der Waals surface area contributed by atoms with Gasteiger partial charge < -0.3 is 4.74 Å². The van der Waals surface area contributed by atoms with Gasteiger partial charge in [0.05, 0.1) is 13.0 Å². The largest absolute Gasteiger partial charge is 0.493 e. The van der Waals surface area contributed by atoms with Gasteiger partial charge in [-0.15, -0.1) is 0 Å². The van der Waals surface area contributed by atoms with Gasteiger partial charge in [-0.25, -0.2) is 5.01 Å². The second-order valence-electron chi connectivity index (χ2n) is 4.81. The van der Waals surface area contributed by atoms with E-state index >= 15 is 0 Å². The number of ether oxygens (including phenoxy) is 1. The van der Waals surface area contributed by atoms with Gasteiger partial charge in [-0.1, -0.05) is 6.07 Å². The molecule has 0 fully saturated rings. The molecule has 0 saturated carbocycles. The lowest BCUT2D eigenvalue weighted by Gasteiger charge is -2.12. The van der Waals surface area contributed by atoms with Gasteiger partial charge in [0, 0.05) is 14.1 Å². The molecule has 0 spiro atoms. The summed E-state index contributed by atoms with van der Waals surface area (Å²) in [6, 6.07) is 6.23. The van der Waals surface area contributed by atoms with E-state index < -0.39 is 0 Å². The van der Waals surface area contributed by atoms with Gasteiger partial charge in [-0.05, 0) is 42.5 Å². The van der Waals surface area contributed by atoms with Gasteiger partial charge in [0.25, 0.3) is 0 Å². The Morgan fingerprint density at radius 3 is 2.89 bits per heavy atom. The fourth-order valence-corrected chi connectivity index (χ4v) is 2.20. The number of nitrogens with one attached hydrogen (secondary N) is 1. The first-order chi connectivity index (χ1) is 8.65. The minimum absolute atomic E-state index is 0.0267. The predicted molar refractivity (Wildman–Crippen MR) is 70.4 cm³/mol. The molecule has 4 nitrogen and oxygen atoms in total. The number of amides is 1. The van der Waals surface area contributed by atoms with Gasteiger partial charge >= 0.3 is 0 Å². The molecule has 0 unspecified atom stereocenters. The highest BCUT2D eigenvalue weighted by Gasteiger charge is 2.11. The molecule has 1 aromatic rings. The molecular weight excluding hydrogens is 228 g/mol. The van der Waals surface area contributed by atoms with Crippen molar-refractivity contribution in [1.82, 2.24) is 10.4 Å². The van der Waals surface area contributed by atoms with E-state index in [-0.39, 0.29) is 5.91 Å². The number of fused-ring (bicyclic) bond motifs is 1. The molecule has 0 bridgehead atoms. The number of hydrazine groups is 1. The van der Waals surface area contributed by atoms with Gasteiger partial charge in [0.2, 0.25) is 5.91 Å². The summed E-state index contributed by atoms with van der Waals surface area (Å²) in [6.07, 6.45) is 3.94. The number of carbonyl (C=O) groups excluding carboxylic acids is 1. The number of rotatable bonds is 5. The second-order valence-corrected chi connectivity index (χ2v) is 4.81. The van der Waals surface area contributed by atoms with E-state index in [1.54, 1.807) is 19.1 Å². The molecule has 1 aromatic carbocycles. The average molecular weight is 248 g/mol. The average Bonchev–Trinajstić information content (AvgIpc) is 2.75. The van der Waals surface area contributed by atoms with Crippen LogP contribution in [0.1, 0.15) is 24.0 Å². The minimum atomic E-state index is -0.0267. The van der Waals surface area contributed by atoms with Crippen LogP contribution in [0.3, 0.4) is 0 Å². The normalized spacial score (nSPS) is 13.5. The number of hydrogen-bond donors (Lipinski definition) is 1. The maximum absolute atomic E-state index is 11.4. The van der Waals surface area contributed by atoms with Crippen LogP contribution < -0.4 is 10.2 Å². The minimum Gasteiger partial charge on any atom is -0.493 e. The van der Waals surface area contributed by atoms with Crippen molar-refractivity contribution in [2.24, 2.45) is 0 Å². The molecule has 1 amide bonds. The zero-order valence-corrected chi connectivity index (χ0v) is 11.0. The summed E-state index contributed by atoms with van der Waals surface area (Å²) in [5.74, 6) is 0.842. The smallest absolute Gasteiger partial charge is 0.237 e. The number of nitrogens with zero attached hydrogens (tertiary/aromatic N) is 1. The molecule has 98 valence electrons. The van der Waals surface area contributed by atoms with Crippen LogP contribution in [0.5, 0.6) is 5.75 Å². The van der Waals surface area contributed by atoms with Gasteiger partial charge in [0.1, 0.15) is 5.75 Å². The Hall–Kier alpha value is -1.55. The van der Waals surface area contributed by atoms with E-state index in [1.165, 1.54) is 24.0 Å². The highest BCUT2D eigenvalue weighted by Crippen LogP contribution is 2.25. The highest BCUT2D eigenvalue weighted by atomic mass is 16.5. The number of hydrogen-bond acceptors (Lipinski definition) is 3. The molecule has 1 N–H and O–H groups in total. The Morgan fingerprint density at radius 1 is 1.33 bits per heavy atom. The highest BCUT2D eigenvalue weighted by molar-refractivity contribution is 5.75. The molecular formula is C14H20N2O2. The third-order valence-electron chi connectivity index (χ3n) is 3.02. The molecule has 4 heteroatoms. The Balaban J connectivity index is 1.78. The van der Waals surface area contributed by atoms with Crippen molar-refractivity contribution in [3.05, 3.63) is 29.3 Å². The quantitative estimate of drug-likeness (QED) is 0.804. The van der Waals surface area contributed by atoms with E-state index in [2.05, 4.69) is 17.6 Å². The Kier molecular flexibility index (Phi) is 4.20. The zero-order chi connectivity index (χ0) is 13.0. The molecule has 0 atom stereocenters. The van der Waals surface area contributed by atoms with E-state index in [9.17, 15) is 4.79 Å². The van der Waals surface area contributed by atoms with Crippen LogP contribution in [0.2, 0.25) is 0 Å². The summed E-state index contributed by atoms with van der Waals surface area (Å²) >= 11 is 0. The van der Waals surface area contributed by atoms with Crippen molar-refractivity contribution >= 4 is 5.91 Å². The van der Waals surface area contributed by atoms with E-state index in [1.807, 2.05) is 6.07 Å². The van der Waals surface area contributed by atoms with Crippen LogP contribution in [0.15, 0.2) is 18.2 Å². The summed E-state index contributed by atoms with van der Waals surface area (Å²) in [4.78, 5) is 11.4. The van der Waals surface area contributed by atoms with E-state index in [0.29, 0.717) is 13.0 Å². The van der Waals surface area contributed by atoms with Crippen molar-refractivity contribution in [2.75, 3.05) is 20.7 Å². The molecule has 0 saturated heterocycles. The van der Waals surface area contributed by atoms with Crippen molar-refractivity contribution in [3.63, 3.8) is 0 Å². The van der Waals surface area contributed by atoms with Crippen molar-refractivity contribution in [2.45, 2.75) is 25.7 Å². The first kappa shape index (κ1) is 12.9. The van der Waals surface area contributed by atoms with Crippen molar-refractivity contribution in [1.29, 1.82) is 0 Å². The fraction of sp³-hybridized carbons (Fsp3) is 0.500. The second kappa shape index (κ2) is 5.87. The summed E-state index contributed by atoms with van der Waals surface area (Å²) in [5, 5.41) is 1.64. The lowest BCUT2D eigenvalue weighted by molar-refractivity contribution is -0.125. The molecule has 0 heterocycles. The number of aryl methyl sites for hydroxylation is 2. The van der Waals surface area contributed by atoms with E-state index in [4.69, 9.17) is 4.74 Å². The van der Waals surface area contributed by atoms with Crippen LogP contribution in [-0.2, 0) is 17.6 Å². The van der Waals surface area contributed by atoms with Crippen molar-refractivity contribution < 1.29 is 9.53 Å². The fourth-order valence-electron chi connectivity index (χ4n) is 2.20. The lowest BCUT2D eigenvalue weighted by Crippen LogP contribution is -2.36. The lowest BCUT2D eigenvalue weighted by atomic mass is 10.1. The van der Waals surface area contributed by atoms with Crippen LogP contribution in [-0.4, -0.2) is 31.6 Å². The Bertz CT molecular complexity index is 430. The first-order valence-corrected chi connectivity index (χ1v) is 6.36. The topological polar surface area (TPSA) is 41.6 Å². The maximum atomic E-state index is 11.4. The summed E-state index contributed by atoms with van der Waals surface area (Å²) in [5.41, 5.74) is 5.52. The predicted octanol–water partition coefficient (Wildman–Crippen LogP) is 1.54. The first-order valence-electron chi connectivity index (χ1n) is 6.36. The monoisotopic (exact) mass is 248 g/mol. The number of carbonyl (C=O) groups is 1. The van der Waals surface area contributed by atoms with Crippen LogP contribution in [0, 0.1) is 0 Å². The van der Waals surface area contributed by atoms with Gasteiger partial charge in [-0.3, -0.25) is 10.2 Å². The molecule has 1 aliphatic carbocycles. The molecule has 0 aromatic heterocycles. The Morgan fingerprint density at radius 2 is 2.11 bits per heavy atom. The third-order valence-corrected chi connectivity index (χ3v) is 3.02. The molecule has 0 radical (unpaired) electrons. The van der Waals surface area contributed by atoms with Crippen LogP contribution in [0.4, 0.5) is 0 Å². The molecule has 0 aliphatic heterocycles. The van der Waals surface area contributed by atoms with Crippen LogP contribution in [0.25, 0.3) is 0 Å². The summed E-state index contributed by atoms with van der Waals surface area (Å²) in [6.45, 7) is 0.415. The third kappa shape index (κ3) is 3.47. The standard InChI is InChI=1S/C14H20N2O2/c1-16(2)15-14(17)8-9-18-13-7-6-11-4-3-5-12(11)10-13/h6-7,10H,3-5,8-9H2,1-2H3,(H,15,17). The van der Waals surface area contributed by atoms with Crippen molar-refractivity contribution in [3.8, 4) is 5.75 Å². The number of benzene rings is 1. The van der Waals surface area contributed by atoms with Gasteiger partial charge in [-0.2, -0.15) is 0 Å². The Labute approximate surface area is 108 Å². The molecule has 1 aliphatic rings. The summed E-state index contributed by atoms with van der Waals surface area (Å²) < 4.78 is 5.60. The summed E-state index contributed by atoms with van der Waals surface area (Å²) in [7, 11) is 3.58. The zero-order valence-electron chi connectivity index (χ0n) is 11.0. The van der Waals surface area contributed by atoms with Gasteiger partial charge in [0.15, 0.2) is 0 Å². The molecule has 18 heavy (non-hydrogen) atoms. The maximum Gasteiger partial charge on any atom is 0.237 e. The van der Waals surface area contributed by atoms with E-state index in [0.717, 1.165) is 12.2 Å². The SMILES string of the molecule is CN(C)NC(=O)CCOc1ccc2c(c1)CCC2. The molecule has 2 rings (SSSR count). The van der Waals surface area contributed by atoms with Crippen LogP contribution >= 0.6 is 0 Å².